The maximum absolute atomic E-state index is 15.0. The number of aromatic nitrogens is 2. The van der Waals surface area contributed by atoms with E-state index in [0.29, 0.717) is 35.6 Å². The van der Waals surface area contributed by atoms with E-state index in [-0.39, 0.29) is 12.1 Å². The summed E-state index contributed by atoms with van der Waals surface area (Å²) in [6, 6.07) is 13.6. The van der Waals surface area contributed by atoms with Gasteiger partial charge in [-0.3, -0.25) is 5.32 Å². The van der Waals surface area contributed by atoms with Crippen molar-refractivity contribution in [1.29, 1.82) is 5.26 Å². The van der Waals surface area contributed by atoms with Crippen LogP contribution in [0, 0.1) is 17.1 Å². The van der Waals surface area contributed by atoms with Gasteiger partial charge in [0.25, 0.3) is 0 Å². The van der Waals surface area contributed by atoms with Gasteiger partial charge in [0.05, 0.1) is 16.5 Å². The largest absolute Gasteiger partial charge is 0.478 e. The molecule has 0 bridgehead atoms. The standard InChI is InChI=1S/C31H31ClFN5O4/c1-30(2,3)42-28(41)27(21-8-5-20(6-9-21)7-12-26(39)40)37-31(23-11-10-22(18-34)24(33)17-23)13-16-38(19-25(31)32)29-35-14-4-15-36-29/h4-12,14-15,17,25,27,37H,13,16,19H2,1-3H3,(H,39,40)/b12-7+. The topological polar surface area (TPSA) is 128 Å². The molecule has 0 amide bonds. The first-order chi connectivity index (χ1) is 19.9. The van der Waals surface area contributed by atoms with Crippen LogP contribution in [-0.4, -0.2) is 51.1 Å². The van der Waals surface area contributed by atoms with Gasteiger partial charge in [0.2, 0.25) is 5.95 Å². The van der Waals surface area contributed by atoms with Crippen molar-refractivity contribution in [1.82, 2.24) is 15.3 Å². The lowest BCUT2D eigenvalue weighted by molar-refractivity contribution is -0.158. The van der Waals surface area contributed by atoms with Gasteiger partial charge >= 0.3 is 11.9 Å². The number of hydrogen-bond donors (Lipinski definition) is 2. The first kappa shape index (κ1) is 30.6. The maximum atomic E-state index is 15.0. The Balaban J connectivity index is 1.78. The first-order valence-corrected chi connectivity index (χ1v) is 13.7. The molecule has 3 aromatic rings. The van der Waals surface area contributed by atoms with Gasteiger partial charge < -0.3 is 14.7 Å². The summed E-state index contributed by atoms with van der Waals surface area (Å²) < 4.78 is 20.8. The minimum absolute atomic E-state index is 0.108. The number of rotatable bonds is 8. The minimum Gasteiger partial charge on any atom is -0.478 e. The number of nitriles is 1. The molecule has 1 fully saturated rings. The van der Waals surface area contributed by atoms with Crippen LogP contribution in [0.3, 0.4) is 0 Å². The van der Waals surface area contributed by atoms with Crippen LogP contribution in [-0.2, 0) is 19.9 Å². The van der Waals surface area contributed by atoms with E-state index in [9.17, 15) is 19.2 Å². The Morgan fingerprint density at radius 2 is 1.93 bits per heavy atom. The van der Waals surface area contributed by atoms with Gasteiger partial charge in [0, 0.05) is 31.6 Å². The summed E-state index contributed by atoms with van der Waals surface area (Å²) in [5.41, 5.74) is -0.401. The molecule has 2 N–H and O–H groups in total. The number of carboxylic acid groups (broad SMARTS) is 1. The summed E-state index contributed by atoms with van der Waals surface area (Å²) in [5, 5.41) is 21.0. The normalized spacial score (nSPS) is 19.7. The lowest BCUT2D eigenvalue weighted by atomic mass is 9.79. The minimum atomic E-state index is -1.13. The third-order valence-corrected chi connectivity index (χ3v) is 7.37. The molecule has 3 atom stereocenters. The van der Waals surface area contributed by atoms with Crippen molar-refractivity contribution in [2.45, 2.75) is 49.8 Å². The molecule has 0 saturated carbocycles. The van der Waals surface area contributed by atoms with Gasteiger partial charge in [0.15, 0.2) is 0 Å². The molecule has 1 aromatic heterocycles. The Morgan fingerprint density at radius 1 is 1.24 bits per heavy atom. The highest BCUT2D eigenvalue weighted by Gasteiger charge is 2.47. The zero-order valence-corrected chi connectivity index (χ0v) is 24.2. The van der Waals surface area contributed by atoms with Crippen molar-refractivity contribution in [2.24, 2.45) is 0 Å². The number of anilines is 1. The van der Waals surface area contributed by atoms with Gasteiger partial charge in [-0.1, -0.05) is 30.3 Å². The molecule has 4 rings (SSSR count). The molecule has 42 heavy (non-hydrogen) atoms. The van der Waals surface area contributed by atoms with Crippen LogP contribution in [0.1, 0.15) is 55.5 Å². The Bertz CT molecular complexity index is 1500. The Labute approximate surface area is 248 Å². The third kappa shape index (κ3) is 7.11. The number of esters is 1. The van der Waals surface area contributed by atoms with Gasteiger partial charge in [0.1, 0.15) is 23.5 Å². The highest BCUT2D eigenvalue weighted by Crippen LogP contribution is 2.40. The number of hydrogen-bond acceptors (Lipinski definition) is 8. The quantitative estimate of drug-likeness (QED) is 0.212. The molecular weight excluding hydrogens is 561 g/mol. The predicted molar refractivity (Wildman–Crippen MR) is 156 cm³/mol. The zero-order valence-electron chi connectivity index (χ0n) is 23.4. The molecule has 1 saturated heterocycles. The molecule has 0 spiro atoms. The van der Waals surface area contributed by atoms with E-state index in [1.165, 1.54) is 18.2 Å². The molecule has 0 aliphatic carbocycles. The molecule has 1 aliphatic rings. The predicted octanol–water partition coefficient (Wildman–Crippen LogP) is 4.97. The van der Waals surface area contributed by atoms with Crippen LogP contribution >= 0.6 is 11.6 Å². The van der Waals surface area contributed by atoms with Crippen LogP contribution in [0.5, 0.6) is 0 Å². The summed E-state index contributed by atoms with van der Waals surface area (Å²) in [6.45, 7) is 5.99. The summed E-state index contributed by atoms with van der Waals surface area (Å²) in [4.78, 5) is 35.2. The number of benzene rings is 2. The highest BCUT2D eigenvalue weighted by atomic mass is 35.5. The van der Waals surface area contributed by atoms with Crippen molar-refractivity contribution in [3.05, 3.63) is 95.1 Å². The zero-order chi connectivity index (χ0) is 30.5. The Morgan fingerprint density at radius 3 is 2.50 bits per heavy atom. The molecule has 2 heterocycles. The van der Waals surface area contributed by atoms with Crippen LogP contribution in [0.15, 0.2) is 67.0 Å². The number of piperidine rings is 1. The van der Waals surface area contributed by atoms with E-state index < -0.39 is 40.3 Å². The number of halogens is 2. The van der Waals surface area contributed by atoms with E-state index >= 15 is 0 Å². The van der Waals surface area contributed by atoms with E-state index in [2.05, 4.69) is 15.3 Å². The number of alkyl halides is 1. The maximum Gasteiger partial charge on any atom is 0.328 e. The van der Waals surface area contributed by atoms with Crippen molar-refractivity contribution in [3.63, 3.8) is 0 Å². The monoisotopic (exact) mass is 591 g/mol. The molecule has 2 aromatic carbocycles. The molecule has 1 aliphatic heterocycles. The number of ether oxygens (including phenoxy) is 1. The number of nitrogens with zero attached hydrogens (tertiary/aromatic N) is 4. The second kappa shape index (κ2) is 12.7. The van der Waals surface area contributed by atoms with Crippen molar-refractivity contribution < 1.29 is 23.8 Å². The third-order valence-electron chi connectivity index (χ3n) is 6.86. The van der Waals surface area contributed by atoms with Gasteiger partial charge in [-0.05, 0) is 68.2 Å². The van der Waals surface area contributed by atoms with Gasteiger partial charge in [-0.25, -0.2) is 23.9 Å². The average molecular weight is 592 g/mol. The summed E-state index contributed by atoms with van der Waals surface area (Å²) in [7, 11) is 0. The number of aliphatic carboxylic acids is 1. The van der Waals surface area contributed by atoms with Gasteiger partial charge in [-0.15, -0.1) is 11.6 Å². The smallest absolute Gasteiger partial charge is 0.328 e. The molecule has 11 heteroatoms. The van der Waals surface area contributed by atoms with Crippen LogP contribution < -0.4 is 10.2 Å². The van der Waals surface area contributed by atoms with Crippen LogP contribution in [0.25, 0.3) is 6.08 Å². The van der Waals surface area contributed by atoms with Crippen LogP contribution in [0.4, 0.5) is 10.3 Å². The highest BCUT2D eigenvalue weighted by molar-refractivity contribution is 6.22. The second-order valence-corrected chi connectivity index (χ2v) is 11.5. The summed E-state index contributed by atoms with van der Waals surface area (Å²) >= 11 is 7.15. The summed E-state index contributed by atoms with van der Waals surface area (Å²) in [5.74, 6) is -1.85. The summed E-state index contributed by atoms with van der Waals surface area (Å²) in [6.07, 6.45) is 6.07. The first-order valence-electron chi connectivity index (χ1n) is 13.3. The number of carboxylic acids is 1. The van der Waals surface area contributed by atoms with Crippen molar-refractivity contribution in [3.8, 4) is 6.07 Å². The molecule has 218 valence electrons. The Kier molecular flexibility index (Phi) is 9.24. The Hall–Kier alpha value is -4.33. The average Bonchev–Trinajstić information content (AvgIpc) is 2.95. The number of carbonyl (C=O) groups excluding carboxylic acids is 1. The SMILES string of the molecule is CC(C)(C)OC(=O)C(NC1(c2ccc(C#N)c(F)c2)CCN(c2ncccn2)CC1Cl)c1ccc(/C=C/C(=O)O)cc1. The fraction of sp³-hybridized carbons (Fsp3) is 0.323. The van der Waals surface area contributed by atoms with Crippen LogP contribution in [0.2, 0.25) is 0 Å². The van der Waals surface area contributed by atoms with Crippen molar-refractivity contribution in [2.75, 3.05) is 18.0 Å². The lowest BCUT2D eigenvalue weighted by Crippen LogP contribution is -2.60. The second-order valence-electron chi connectivity index (χ2n) is 10.9. The number of carbonyl (C=O) groups is 2. The number of nitrogens with one attached hydrogen (secondary N) is 1. The van der Waals surface area contributed by atoms with E-state index in [4.69, 9.17) is 21.4 Å². The fourth-order valence-corrected chi connectivity index (χ4v) is 5.33. The fourth-order valence-electron chi connectivity index (χ4n) is 4.86. The van der Waals surface area contributed by atoms with Crippen molar-refractivity contribution >= 4 is 35.6 Å². The van der Waals surface area contributed by atoms with Gasteiger partial charge in [-0.2, -0.15) is 5.26 Å². The molecular formula is C31H31ClFN5O4. The lowest BCUT2D eigenvalue weighted by Gasteiger charge is -2.48. The molecule has 0 radical (unpaired) electrons. The van der Waals surface area contributed by atoms with E-state index in [1.807, 2.05) is 11.0 Å². The molecule has 9 nitrogen and oxygen atoms in total. The molecule has 3 unspecified atom stereocenters. The van der Waals surface area contributed by atoms with E-state index in [1.54, 1.807) is 69.6 Å². The van der Waals surface area contributed by atoms with E-state index in [0.717, 1.165) is 6.08 Å².